The third-order valence-corrected chi connectivity index (χ3v) is 3.80. The normalized spacial score (nSPS) is 11.6. The average Bonchev–Trinajstić information content (AvgIpc) is 2.46. The lowest BCUT2D eigenvalue weighted by Crippen LogP contribution is -1.95. The maximum atomic E-state index is 2.35. The van der Waals surface area contributed by atoms with E-state index >= 15 is 0 Å². The van der Waals surface area contributed by atoms with Gasteiger partial charge in [0.2, 0.25) is 0 Å². The van der Waals surface area contributed by atoms with E-state index in [-0.39, 0.29) is 0 Å². The molecule has 0 unspecified atom stereocenters. The Morgan fingerprint density at radius 1 is 1.15 bits per heavy atom. The lowest BCUT2D eigenvalue weighted by atomic mass is 9.96. The molecule has 0 aromatic carbocycles. The third-order valence-electron chi connectivity index (χ3n) is 2.46. The summed E-state index contributed by atoms with van der Waals surface area (Å²) in [5.41, 5.74) is 3.17. The van der Waals surface area contributed by atoms with Gasteiger partial charge in [0.15, 0.2) is 0 Å². The SMILES string of the molecule is CCc1c(C(C)C)csc1C(C)C. The molecule has 1 heterocycles. The first-order chi connectivity index (χ1) is 6.07. The summed E-state index contributed by atoms with van der Waals surface area (Å²) in [6.07, 6.45) is 1.19. The van der Waals surface area contributed by atoms with Gasteiger partial charge in [0.05, 0.1) is 0 Å². The van der Waals surface area contributed by atoms with Gasteiger partial charge in [-0.25, -0.2) is 0 Å². The van der Waals surface area contributed by atoms with Crippen LogP contribution >= 0.6 is 11.3 Å². The molecular formula is C12H20S. The van der Waals surface area contributed by atoms with Crippen molar-refractivity contribution in [2.75, 3.05) is 0 Å². The minimum atomic E-state index is 0.679. The van der Waals surface area contributed by atoms with Crippen LogP contribution in [0.1, 0.15) is 62.5 Å². The van der Waals surface area contributed by atoms with Crippen molar-refractivity contribution >= 4 is 11.3 Å². The zero-order valence-corrected chi connectivity index (χ0v) is 10.2. The van der Waals surface area contributed by atoms with Crippen LogP contribution in [-0.4, -0.2) is 0 Å². The van der Waals surface area contributed by atoms with Crippen LogP contribution in [0.15, 0.2) is 5.38 Å². The van der Waals surface area contributed by atoms with Crippen molar-refractivity contribution in [1.82, 2.24) is 0 Å². The Labute approximate surface area is 86.0 Å². The molecular weight excluding hydrogens is 176 g/mol. The maximum absolute atomic E-state index is 2.35. The molecule has 0 amide bonds. The van der Waals surface area contributed by atoms with Crippen molar-refractivity contribution in [3.05, 3.63) is 21.4 Å². The van der Waals surface area contributed by atoms with Gasteiger partial charge in [-0.2, -0.15) is 0 Å². The van der Waals surface area contributed by atoms with Crippen LogP contribution in [0, 0.1) is 0 Å². The molecule has 0 atom stereocenters. The first kappa shape index (κ1) is 10.8. The smallest absolute Gasteiger partial charge is 0.0105 e. The van der Waals surface area contributed by atoms with Gasteiger partial charge in [0.25, 0.3) is 0 Å². The summed E-state index contributed by atoms with van der Waals surface area (Å²) in [7, 11) is 0. The zero-order valence-electron chi connectivity index (χ0n) is 9.35. The van der Waals surface area contributed by atoms with Gasteiger partial charge in [-0.15, -0.1) is 11.3 Å². The second-order valence-corrected chi connectivity index (χ2v) is 5.11. The first-order valence-electron chi connectivity index (χ1n) is 5.18. The Bertz CT molecular complexity index is 243. The monoisotopic (exact) mass is 196 g/mol. The van der Waals surface area contributed by atoms with Gasteiger partial charge in [-0.1, -0.05) is 34.6 Å². The Balaban J connectivity index is 3.10. The van der Waals surface area contributed by atoms with Gasteiger partial charge >= 0.3 is 0 Å². The molecule has 0 aliphatic heterocycles. The van der Waals surface area contributed by atoms with Crippen LogP contribution in [-0.2, 0) is 6.42 Å². The first-order valence-corrected chi connectivity index (χ1v) is 6.06. The van der Waals surface area contributed by atoms with Gasteiger partial charge in [0.1, 0.15) is 0 Å². The Hall–Kier alpha value is -0.300. The van der Waals surface area contributed by atoms with Gasteiger partial charge in [0, 0.05) is 4.88 Å². The summed E-state index contributed by atoms with van der Waals surface area (Å²) in [5.74, 6) is 1.37. The van der Waals surface area contributed by atoms with E-state index in [9.17, 15) is 0 Å². The Morgan fingerprint density at radius 3 is 2.15 bits per heavy atom. The summed E-state index contributed by atoms with van der Waals surface area (Å²) in [4.78, 5) is 1.59. The summed E-state index contributed by atoms with van der Waals surface area (Å²) in [6.45, 7) is 11.4. The molecule has 0 aliphatic rings. The summed E-state index contributed by atoms with van der Waals surface area (Å²) < 4.78 is 0. The quantitative estimate of drug-likeness (QED) is 0.665. The predicted octanol–water partition coefficient (Wildman–Crippen LogP) is 4.56. The third kappa shape index (κ3) is 2.14. The predicted molar refractivity (Wildman–Crippen MR) is 61.9 cm³/mol. The Kier molecular flexibility index (Phi) is 3.55. The minimum absolute atomic E-state index is 0.679. The van der Waals surface area contributed by atoms with E-state index in [2.05, 4.69) is 40.0 Å². The van der Waals surface area contributed by atoms with Crippen molar-refractivity contribution in [2.24, 2.45) is 0 Å². The number of hydrogen-bond acceptors (Lipinski definition) is 1. The van der Waals surface area contributed by atoms with E-state index in [1.807, 2.05) is 11.3 Å². The molecule has 0 saturated heterocycles. The topological polar surface area (TPSA) is 0 Å². The molecule has 1 aromatic heterocycles. The second kappa shape index (κ2) is 4.28. The minimum Gasteiger partial charge on any atom is -0.148 e. The van der Waals surface area contributed by atoms with Crippen LogP contribution in [0.2, 0.25) is 0 Å². The summed E-state index contributed by atoms with van der Waals surface area (Å²) in [6, 6.07) is 0. The molecule has 74 valence electrons. The summed E-state index contributed by atoms with van der Waals surface area (Å²) >= 11 is 1.94. The van der Waals surface area contributed by atoms with Crippen LogP contribution in [0.5, 0.6) is 0 Å². The van der Waals surface area contributed by atoms with Crippen molar-refractivity contribution in [2.45, 2.75) is 52.9 Å². The van der Waals surface area contributed by atoms with Crippen LogP contribution in [0.25, 0.3) is 0 Å². The second-order valence-electron chi connectivity index (χ2n) is 4.20. The van der Waals surface area contributed by atoms with E-state index in [1.54, 1.807) is 16.0 Å². The van der Waals surface area contributed by atoms with Crippen LogP contribution in [0.3, 0.4) is 0 Å². The highest BCUT2D eigenvalue weighted by atomic mass is 32.1. The molecule has 0 fully saturated rings. The highest BCUT2D eigenvalue weighted by Crippen LogP contribution is 2.33. The van der Waals surface area contributed by atoms with E-state index in [0.717, 1.165) is 0 Å². The lowest BCUT2D eigenvalue weighted by molar-refractivity contribution is 0.824. The van der Waals surface area contributed by atoms with Gasteiger partial charge in [-0.05, 0) is 34.8 Å². The van der Waals surface area contributed by atoms with Crippen molar-refractivity contribution in [3.63, 3.8) is 0 Å². The van der Waals surface area contributed by atoms with E-state index in [4.69, 9.17) is 0 Å². The average molecular weight is 196 g/mol. The van der Waals surface area contributed by atoms with E-state index < -0.39 is 0 Å². The van der Waals surface area contributed by atoms with Gasteiger partial charge in [-0.3, -0.25) is 0 Å². The van der Waals surface area contributed by atoms with E-state index in [0.29, 0.717) is 11.8 Å². The molecule has 0 radical (unpaired) electrons. The zero-order chi connectivity index (χ0) is 10.0. The van der Waals surface area contributed by atoms with Crippen molar-refractivity contribution in [1.29, 1.82) is 0 Å². The maximum Gasteiger partial charge on any atom is 0.0105 e. The number of rotatable bonds is 3. The molecule has 1 rings (SSSR count). The van der Waals surface area contributed by atoms with Gasteiger partial charge < -0.3 is 0 Å². The molecule has 1 aromatic rings. The molecule has 0 spiro atoms. The highest BCUT2D eigenvalue weighted by Gasteiger charge is 2.14. The lowest BCUT2D eigenvalue weighted by Gasteiger charge is -2.09. The molecule has 0 bridgehead atoms. The van der Waals surface area contributed by atoms with Crippen LogP contribution < -0.4 is 0 Å². The fourth-order valence-electron chi connectivity index (χ4n) is 1.76. The number of thiophene rings is 1. The standard InChI is InChI=1S/C12H20S/c1-6-10-11(8(2)3)7-13-12(10)9(4)5/h7-9H,6H2,1-5H3. The van der Waals surface area contributed by atoms with Crippen molar-refractivity contribution in [3.8, 4) is 0 Å². The summed E-state index contributed by atoms with van der Waals surface area (Å²) in [5, 5.41) is 2.35. The molecule has 0 saturated carbocycles. The molecule has 13 heavy (non-hydrogen) atoms. The largest absolute Gasteiger partial charge is 0.148 e. The van der Waals surface area contributed by atoms with Crippen molar-refractivity contribution < 1.29 is 0 Å². The molecule has 1 heteroatoms. The molecule has 0 aliphatic carbocycles. The Morgan fingerprint density at radius 2 is 1.77 bits per heavy atom. The molecule has 0 N–H and O–H groups in total. The fraction of sp³-hybridized carbons (Fsp3) is 0.667. The fourth-order valence-corrected chi connectivity index (χ4v) is 3.10. The van der Waals surface area contributed by atoms with Crippen LogP contribution in [0.4, 0.5) is 0 Å². The van der Waals surface area contributed by atoms with E-state index in [1.165, 1.54) is 6.42 Å². The molecule has 0 nitrogen and oxygen atoms in total. The highest BCUT2D eigenvalue weighted by molar-refractivity contribution is 7.10. The number of hydrogen-bond donors (Lipinski definition) is 0.